The molecule has 1 spiro atoms. The van der Waals surface area contributed by atoms with Crippen LogP contribution in [0.15, 0.2) is 48.9 Å². The Balaban J connectivity index is 1.37. The number of fused-ring (bicyclic) bond motifs is 2. The van der Waals surface area contributed by atoms with E-state index in [-0.39, 0.29) is 11.5 Å². The van der Waals surface area contributed by atoms with E-state index in [0.29, 0.717) is 18.7 Å². The summed E-state index contributed by atoms with van der Waals surface area (Å²) in [5, 5.41) is 0. The van der Waals surface area contributed by atoms with Gasteiger partial charge < -0.3 is 14.4 Å². The highest BCUT2D eigenvalue weighted by Gasteiger charge is 2.43. The lowest BCUT2D eigenvalue weighted by molar-refractivity contribution is -0.0926. The summed E-state index contributed by atoms with van der Waals surface area (Å²) in [7, 11) is 1.65. The molecule has 0 saturated carbocycles. The Bertz CT molecular complexity index is 1040. The number of aromatic nitrogens is 2. The molecule has 7 heteroatoms. The van der Waals surface area contributed by atoms with Crippen LogP contribution in [0.5, 0.6) is 5.75 Å². The number of methoxy groups -OCH3 is 1. The Morgan fingerprint density at radius 3 is 2.70 bits per heavy atom. The SMILES string of the molecule is COc1ccc(-c2cc3c(s2)CCOC32CCN(C(=O)c3ccncc3)CC2)nc1. The summed E-state index contributed by atoms with van der Waals surface area (Å²) >= 11 is 1.80. The largest absolute Gasteiger partial charge is 0.495 e. The van der Waals surface area contributed by atoms with Gasteiger partial charge in [0, 0.05) is 42.3 Å². The van der Waals surface area contributed by atoms with Crippen LogP contribution < -0.4 is 4.74 Å². The average Bonchev–Trinajstić information content (AvgIpc) is 3.26. The van der Waals surface area contributed by atoms with Crippen molar-refractivity contribution in [1.82, 2.24) is 14.9 Å². The fraction of sp³-hybridized carbons (Fsp3) is 0.348. The van der Waals surface area contributed by atoms with Crippen LogP contribution in [0.2, 0.25) is 0 Å². The molecular weight excluding hydrogens is 398 g/mol. The molecule has 0 aliphatic carbocycles. The number of carbonyl (C=O) groups excluding carboxylic acids is 1. The minimum absolute atomic E-state index is 0.0664. The van der Waals surface area contributed by atoms with E-state index in [1.807, 2.05) is 17.0 Å². The maximum absolute atomic E-state index is 12.8. The number of thiophene rings is 1. The summed E-state index contributed by atoms with van der Waals surface area (Å²) in [6.07, 6.45) is 7.62. The quantitative estimate of drug-likeness (QED) is 0.641. The lowest BCUT2D eigenvalue weighted by Gasteiger charge is -2.44. The zero-order chi connectivity index (χ0) is 20.6. The van der Waals surface area contributed by atoms with Crippen molar-refractivity contribution >= 4 is 17.2 Å². The molecule has 154 valence electrons. The van der Waals surface area contributed by atoms with Gasteiger partial charge in [0.15, 0.2) is 0 Å². The Labute approximate surface area is 179 Å². The van der Waals surface area contributed by atoms with Crippen LogP contribution in [0.25, 0.3) is 10.6 Å². The van der Waals surface area contributed by atoms with Crippen molar-refractivity contribution in [3.05, 3.63) is 64.9 Å². The third-order valence-electron chi connectivity index (χ3n) is 6.02. The molecule has 3 aromatic heterocycles. The van der Waals surface area contributed by atoms with E-state index < -0.39 is 0 Å². The summed E-state index contributed by atoms with van der Waals surface area (Å²) in [6.45, 7) is 2.10. The predicted octanol–water partition coefficient (Wildman–Crippen LogP) is 3.92. The molecule has 1 fully saturated rings. The molecule has 0 aromatic carbocycles. The van der Waals surface area contributed by atoms with Crippen LogP contribution in [-0.2, 0) is 16.8 Å². The van der Waals surface area contributed by atoms with Crippen molar-refractivity contribution in [3.63, 3.8) is 0 Å². The van der Waals surface area contributed by atoms with Crippen LogP contribution in [0.3, 0.4) is 0 Å². The molecule has 0 atom stereocenters. The second kappa shape index (κ2) is 7.81. The van der Waals surface area contributed by atoms with Crippen LogP contribution in [0.1, 0.15) is 33.6 Å². The van der Waals surface area contributed by atoms with E-state index in [2.05, 4.69) is 16.0 Å². The molecule has 0 bridgehead atoms. The van der Waals surface area contributed by atoms with Crippen molar-refractivity contribution in [3.8, 4) is 16.3 Å². The number of ether oxygens (including phenoxy) is 2. The summed E-state index contributed by atoms with van der Waals surface area (Å²) in [4.78, 5) is 25.8. The molecule has 1 saturated heterocycles. The van der Waals surface area contributed by atoms with Gasteiger partial charge >= 0.3 is 0 Å². The lowest BCUT2D eigenvalue weighted by Crippen LogP contribution is -2.48. The lowest BCUT2D eigenvalue weighted by atomic mass is 9.82. The van der Waals surface area contributed by atoms with Gasteiger partial charge in [-0.3, -0.25) is 14.8 Å². The molecule has 0 radical (unpaired) electrons. The first-order valence-corrected chi connectivity index (χ1v) is 11.0. The predicted molar refractivity (Wildman–Crippen MR) is 115 cm³/mol. The van der Waals surface area contributed by atoms with Crippen LogP contribution >= 0.6 is 11.3 Å². The van der Waals surface area contributed by atoms with Gasteiger partial charge in [-0.15, -0.1) is 11.3 Å². The van der Waals surface area contributed by atoms with E-state index in [0.717, 1.165) is 42.2 Å². The van der Waals surface area contributed by atoms with Crippen LogP contribution in [0, 0.1) is 0 Å². The number of hydrogen-bond donors (Lipinski definition) is 0. The number of likely N-dealkylation sites (tertiary alicyclic amines) is 1. The highest BCUT2D eigenvalue weighted by atomic mass is 32.1. The Morgan fingerprint density at radius 1 is 1.20 bits per heavy atom. The number of hydrogen-bond acceptors (Lipinski definition) is 6. The maximum atomic E-state index is 12.8. The van der Waals surface area contributed by atoms with Crippen molar-refractivity contribution in [2.24, 2.45) is 0 Å². The van der Waals surface area contributed by atoms with Crippen molar-refractivity contribution in [2.45, 2.75) is 24.9 Å². The summed E-state index contributed by atoms with van der Waals surface area (Å²) in [5.41, 5.74) is 2.62. The van der Waals surface area contributed by atoms with Gasteiger partial charge in [0.1, 0.15) is 5.75 Å². The smallest absolute Gasteiger partial charge is 0.253 e. The fourth-order valence-electron chi connectivity index (χ4n) is 4.35. The molecular formula is C23H23N3O3S. The molecule has 2 aliphatic heterocycles. The number of carbonyl (C=O) groups is 1. The average molecular weight is 422 g/mol. The highest BCUT2D eigenvalue weighted by molar-refractivity contribution is 7.15. The second-order valence-corrected chi connectivity index (χ2v) is 8.79. The number of piperidine rings is 1. The van der Waals surface area contributed by atoms with Gasteiger partial charge in [0.2, 0.25) is 0 Å². The van der Waals surface area contributed by atoms with E-state index >= 15 is 0 Å². The van der Waals surface area contributed by atoms with Gasteiger partial charge in [0.05, 0.1) is 36.1 Å². The molecule has 1 amide bonds. The van der Waals surface area contributed by atoms with Crippen molar-refractivity contribution in [1.29, 1.82) is 0 Å². The molecule has 5 rings (SSSR count). The maximum Gasteiger partial charge on any atom is 0.253 e. The van der Waals surface area contributed by atoms with Gasteiger partial charge in [0.25, 0.3) is 5.91 Å². The second-order valence-electron chi connectivity index (χ2n) is 7.65. The van der Waals surface area contributed by atoms with E-state index in [9.17, 15) is 4.79 Å². The van der Waals surface area contributed by atoms with Crippen molar-refractivity contribution in [2.75, 3.05) is 26.8 Å². The molecule has 0 unspecified atom stereocenters. The van der Waals surface area contributed by atoms with Crippen LogP contribution in [-0.4, -0.2) is 47.6 Å². The normalized spacial score (nSPS) is 17.6. The highest BCUT2D eigenvalue weighted by Crippen LogP contribution is 2.46. The minimum atomic E-state index is -0.302. The molecule has 2 aliphatic rings. The topological polar surface area (TPSA) is 64.6 Å². The zero-order valence-electron chi connectivity index (χ0n) is 16.8. The Morgan fingerprint density at radius 2 is 2.00 bits per heavy atom. The zero-order valence-corrected chi connectivity index (χ0v) is 17.7. The van der Waals surface area contributed by atoms with E-state index in [4.69, 9.17) is 9.47 Å². The first-order chi connectivity index (χ1) is 14.7. The summed E-state index contributed by atoms with van der Waals surface area (Å²) in [6, 6.07) is 9.73. The third kappa shape index (κ3) is 3.38. The molecule has 6 nitrogen and oxygen atoms in total. The monoisotopic (exact) mass is 421 g/mol. The Kier molecular flexibility index (Phi) is 5.00. The van der Waals surface area contributed by atoms with E-state index in [1.165, 1.54) is 10.4 Å². The fourth-order valence-corrected chi connectivity index (χ4v) is 5.56. The third-order valence-corrected chi connectivity index (χ3v) is 7.23. The number of amides is 1. The number of nitrogens with zero attached hydrogens (tertiary/aromatic N) is 3. The summed E-state index contributed by atoms with van der Waals surface area (Å²) in [5.74, 6) is 0.822. The van der Waals surface area contributed by atoms with Crippen LogP contribution in [0.4, 0.5) is 0 Å². The number of pyridine rings is 2. The first kappa shape index (κ1) is 19.2. The van der Waals surface area contributed by atoms with Gasteiger partial charge in [-0.25, -0.2) is 0 Å². The van der Waals surface area contributed by atoms with Gasteiger partial charge in [-0.05, 0) is 48.7 Å². The molecule has 5 heterocycles. The van der Waals surface area contributed by atoms with Gasteiger partial charge in [-0.2, -0.15) is 0 Å². The summed E-state index contributed by atoms with van der Waals surface area (Å²) < 4.78 is 11.6. The standard InChI is InChI=1S/C23H23N3O3S/c1-28-17-2-3-19(25-15-17)21-14-18-20(30-21)6-13-29-23(18)7-11-26(12-8-23)22(27)16-4-9-24-10-5-16/h2-5,9-10,14-15H,6-8,11-13H2,1H3. The first-order valence-electron chi connectivity index (χ1n) is 10.2. The molecule has 30 heavy (non-hydrogen) atoms. The number of rotatable bonds is 3. The molecule has 0 N–H and O–H groups in total. The van der Waals surface area contributed by atoms with E-state index in [1.54, 1.807) is 49.2 Å². The van der Waals surface area contributed by atoms with Gasteiger partial charge in [-0.1, -0.05) is 0 Å². The molecule has 3 aromatic rings. The van der Waals surface area contributed by atoms with Crippen molar-refractivity contribution < 1.29 is 14.3 Å². The Hall–Kier alpha value is -2.77. The minimum Gasteiger partial charge on any atom is -0.495 e.